The summed E-state index contributed by atoms with van der Waals surface area (Å²) in [6.07, 6.45) is 1.68. The molecule has 0 aliphatic carbocycles. The average molecular weight is 441 g/mol. The van der Waals surface area contributed by atoms with Crippen LogP contribution < -0.4 is 9.64 Å². The molecular weight excluding hydrogens is 418 g/mol. The Labute approximate surface area is 191 Å². The van der Waals surface area contributed by atoms with Crippen molar-refractivity contribution in [1.82, 2.24) is 0 Å². The first kappa shape index (κ1) is 20.8. The van der Waals surface area contributed by atoms with Crippen molar-refractivity contribution in [3.05, 3.63) is 94.6 Å². The van der Waals surface area contributed by atoms with Gasteiger partial charge in [-0.05, 0) is 66.8 Å². The number of aromatic hydroxyl groups is 1. The fourth-order valence-electron chi connectivity index (χ4n) is 4.60. The van der Waals surface area contributed by atoms with Crippen molar-refractivity contribution in [3.63, 3.8) is 0 Å². The van der Waals surface area contributed by atoms with Crippen LogP contribution in [0.2, 0.25) is 0 Å². The number of hydrogen-bond acceptors (Lipinski definition) is 5. The Balaban J connectivity index is 1.73. The Morgan fingerprint density at radius 2 is 1.79 bits per heavy atom. The van der Waals surface area contributed by atoms with Gasteiger partial charge in [-0.25, -0.2) is 0 Å². The van der Waals surface area contributed by atoms with Gasteiger partial charge in [-0.15, -0.1) is 0 Å². The minimum atomic E-state index is -0.883. The van der Waals surface area contributed by atoms with E-state index < -0.39 is 17.7 Å². The number of fused-ring (bicyclic) bond motifs is 1. The van der Waals surface area contributed by atoms with Crippen LogP contribution in [-0.4, -0.2) is 28.5 Å². The van der Waals surface area contributed by atoms with E-state index in [1.165, 1.54) is 11.0 Å². The molecule has 0 aromatic heterocycles. The highest BCUT2D eigenvalue weighted by molar-refractivity contribution is 6.52. The number of ketones is 1. The molecule has 1 unspecified atom stereocenters. The molecule has 5 rings (SSSR count). The number of hydrogen-bond donors (Lipinski definition) is 2. The first-order valence-corrected chi connectivity index (χ1v) is 10.9. The molecule has 0 bridgehead atoms. The summed E-state index contributed by atoms with van der Waals surface area (Å²) in [5.41, 5.74) is 3.16. The van der Waals surface area contributed by atoms with Crippen molar-refractivity contribution >= 4 is 23.1 Å². The van der Waals surface area contributed by atoms with E-state index in [-0.39, 0.29) is 22.8 Å². The third kappa shape index (κ3) is 3.44. The van der Waals surface area contributed by atoms with Gasteiger partial charge in [0.15, 0.2) is 0 Å². The summed E-state index contributed by atoms with van der Waals surface area (Å²) in [7, 11) is 0. The maximum absolute atomic E-state index is 13.3. The van der Waals surface area contributed by atoms with Gasteiger partial charge in [0.25, 0.3) is 11.7 Å². The zero-order chi connectivity index (χ0) is 23.1. The minimum absolute atomic E-state index is 0.00534. The van der Waals surface area contributed by atoms with E-state index in [2.05, 4.69) is 0 Å². The summed E-state index contributed by atoms with van der Waals surface area (Å²) in [5, 5.41) is 21.8. The van der Waals surface area contributed by atoms with Crippen LogP contribution in [0.1, 0.15) is 34.7 Å². The molecule has 166 valence electrons. The molecule has 3 aromatic carbocycles. The lowest BCUT2D eigenvalue weighted by Crippen LogP contribution is -2.29. The molecule has 33 heavy (non-hydrogen) atoms. The maximum Gasteiger partial charge on any atom is 0.300 e. The van der Waals surface area contributed by atoms with Gasteiger partial charge in [-0.3, -0.25) is 14.5 Å². The fourth-order valence-corrected chi connectivity index (χ4v) is 4.60. The highest BCUT2D eigenvalue weighted by Gasteiger charge is 2.48. The fraction of sp³-hybridized carbons (Fsp3) is 0.185. The molecule has 0 radical (unpaired) electrons. The van der Waals surface area contributed by atoms with E-state index in [1.807, 2.05) is 37.3 Å². The Bertz CT molecular complexity index is 1310. The minimum Gasteiger partial charge on any atom is -0.507 e. The number of aliphatic hydroxyl groups is 1. The smallest absolute Gasteiger partial charge is 0.300 e. The number of phenolic OH excluding ortho intramolecular Hbond substituents is 1. The summed E-state index contributed by atoms with van der Waals surface area (Å²) >= 11 is 0. The topological polar surface area (TPSA) is 87.1 Å². The molecule has 1 amide bonds. The van der Waals surface area contributed by atoms with Crippen molar-refractivity contribution in [1.29, 1.82) is 0 Å². The Morgan fingerprint density at radius 3 is 2.58 bits per heavy atom. The highest BCUT2D eigenvalue weighted by atomic mass is 16.5. The largest absolute Gasteiger partial charge is 0.507 e. The Kier molecular flexibility index (Phi) is 5.13. The number of anilines is 1. The van der Waals surface area contributed by atoms with E-state index in [4.69, 9.17) is 4.74 Å². The summed E-state index contributed by atoms with van der Waals surface area (Å²) < 4.78 is 5.66. The number of ether oxygens (including phenoxy) is 1. The lowest BCUT2D eigenvalue weighted by atomic mass is 9.91. The first-order chi connectivity index (χ1) is 16.0. The molecule has 0 saturated carbocycles. The zero-order valence-corrected chi connectivity index (χ0v) is 18.1. The van der Waals surface area contributed by atoms with Crippen molar-refractivity contribution in [3.8, 4) is 11.5 Å². The number of Topliss-reactive ketones (excluding diaryl/α,β-unsaturated/α-hetero) is 1. The molecule has 1 atom stereocenters. The lowest BCUT2D eigenvalue weighted by molar-refractivity contribution is -0.132. The number of amides is 1. The number of aryl methyl sites for hydroxylation is 2. The number of para-hydroxylation sites is 2. The molecule has 2 aliphatic rings. The third-order valence-electron chi connectivity index (χ3n) is 6.25. The molecule has 6 nitrogen and oxygen atoms in total. The van der Waals surface area contributed by atoms with Crippen molar-refractivity contribution < 1.29 is 24.5 Å². The molecule has 0 spiro atoms. The molecular formula is C27H23NO5. The molecule has 2 aliphatic heterocycles. The number of carbonyl (C=O) groups is 2. The predicted molar refractivity (Wildman–Crippen MR) is 124 cm³/mol. The third-order valence-corrected chi connectivity index (χ3v) is 6.25. The van der Waals surface area contributed by atoms with Gasteiger partial charge in [0.05, 0.1) is 23.9 Å². The number of benzene rings is 3. The number of phenols is 1. The van der Waals surface area contributed by atoms with Crippen molar-refractivity contribution in [2.75, 3.05) is 11.5 Å². The lowest BCUT2D eigenvalue weighted by Gasteiger charge is -2.27. The van der Waals surface area contributed by atoms with Crippen LogP contribution in [0.3, 0.4) is 0 Å². The summed E-state index contributed by atoms with van der Waals surface area (Å²) in [6, 6.07) is 18.2. The molecule has 3 aromatic rings. The van der Waals surface area contributed by atoms with Crippen LogP contribution >= 0.6 is 0 Å². The van der Waals surface area contributed by atoms with Crippen molar-refractivity contribution in [2.45, 2.75) is 25.8 Å². The number of aliphatic hydroxyl groups excluding tert-OH is 1. The number of nitrogens with zero attached hydrogens (tertiary/aromatic N) is 1. The second kappa shape index (κ2) is 8.13. The number of rotatable bonds is 3. The summed E-state index contributed by atoms with van der Waals surface area (Å²) in [5.74, 6) is -1.19. The number of carbonyl (C=O) groups excluding carboxylic acids is 2. The highest BCUT2D eigenvalue weighted by Crippen LogP contribution is 2.45. The first-order valence-electron chi connectivity index (χ1n) is 10.9. The van der Waals surface area contributed by atoms with Gasteiger partial charge < -0.3 is 14.9 Å². The molecule has 1 saturated heterocycles. The van der Waals surface area contributed by atoms with Crippen molar-refractivity contribution in [2.24, 2.45) is 0 Å². The molecule has 2 heterocycles. The molecule has 1 fully saturated rings. The second-order valence-corrected chi connectivity index (χ2v) is 8.29. The molecule has 6 heteroatoms. The molecule has 2 N–H and O–H groups in total. The van der Waals surface area contributed by atoms with E-state index in [1.54, 1.807) is 30.3 Å². The van der Waals surface area contributed by atoms with Gasteiger partial charge >= 0.3 is 0 Å². The Hall–Kier alpha value is -4.06. The quantitative estimate of drug-likeness (QED) is 0.351. The van der Waals surface area contributed by atoms with Crippen LogP contribution in [0.5, 0.6) is 11.5 Å². The zero-order valence-electron chi connectivity index (χ0n) is 18.1. The average Bonchev–Trinajstić information content (AvgIpc) is 3.09. The van der Waals surface area contributed by atoms with E-state index in [0.717, 1.165) is 29.7 Å². The predicted octanol–water partition coefficient (Wildman–Crippen LogP) is 4.65. The van der Waals surface area contributed by atoms with Gasteiger partial charge in [0.2, 0.25) is 0 Å². The van der Waals surface area contributed by atoms with Gasteiger partial charge in [0, 0.05) is 5.56 Å². The maximum atomic E-state index is 13.3. The van der Waals surface area contributed by atoms with Crippen LogP contribution in [0, 0.1) is 6.92 Å². The van der Waals surface area contributed by atoms with Crippen LogP contribution in [-0.2, 0) is 16.0 Å². The van der Waals surface area contributed by atoms with Crippen LogP contribution in [0.25, 0.3) is 5.76 Å². The second-order valence-electron chi connectivity index (χ2n) is 8.29. The van der Waals surface area contributed by atoms with E-state index in [9.17, 15) is 19.8 Å². The van der Waals surface area contributed by atoms with Gasteiger partial charge in [0.1, 0.15) is 17.3 Å². The van der Waals surface area contributed by atoms with E-state index >= 15 is 0 Å². The summed E-state index contributed by atoms with van der Waals surface area (Å²) in [4.78, 5) is 27.8. The van der Waals surface area contributed by atoms with Gasteiger partial charge in [-0.2, -0.15) is 0 Å². The monoisotopic (exact) mass is 441 g/mol. The SMILES string of the molecule is Cc1ccccc1C1/C(=C(\O)c2ccc3c(c2)CCCO3)C(=O)C(=O)N1c1ccccc1O. The van der Waals surface area contributed by atoms with Crippen LogP contribution in [0.15, 0.2) is 72.3 Å². The van der Waals surface area contributed by atoms with Gasteiger partial charge in [-0.1, -0.05) is 36.4 Å². The van der Waals surface area contributed by atoms with E-state index in [0.29, 0.717) is 17.7 Å². The standard InChI is InChI=1S/C27H23NO5/c1-16-7-2-3-9-19(16)24-23(25(30)18-12-13-22-17(15-18)8-6-14-33-22)26(31)27(32)28(24)20-10-4-5-11-21(20)29/h2-5,7,9-13,15,24,29-30H,6,8,14H2,1H3/b25-23+. The normalized spacial score (nSPS) is 19.3. The van der Waals surface area contributed by atoms with Crippen LogP contribution in [0.4, 0.5) is 5.69 Å². The summed E-state index contributed by atoms with van der Waals surface area (Å²) in [6.45, 7) is 2.54. The Morgan fingerprint density at radius 1 is 1.03 bits per heavy atom.